The van der Waals surface area contributed by atoms with Gasteiger partial charge in [-0.2, -0.15) is 0 Å². The van der Waals surface area contributed by atoms with Crippen LogP contribution in [0.2, 0.25) is 0 Å². The monoisotopic (exact) mass is 627 g/mol. The van der Waals surface area contributed by atoms with Gasteiger partial charge in [-0.05, 0) is 94.5 Å². The Labute approximate surface area is 282 Å². The molecule has 0 spiro atoms. The quantitative estimate of drug-likeness (QED) is 0.183. The Morgan fingerprint density at radius 3 is 2.08 bits per heavy atom. The second kappa shape index (κ2) is 10.0. The molecule has 4 nitrogen and oxygen atoms in total. The molecule has 0 unspecified atom stereocenters. The second-order valence-corrected chi connectivity index (χ2v) is 12.8. The van der Waals surface area contributed by atoms with E-state index in [9.17, 15) is 0 Å². The van der Waals surface area contributed by atoms with Crippen LogP contribution in [0, 0.1) is 0 Å². The van der Waals surface area contributed by atoms with Gasteiger partial charge in [0.2, 0.25) is 0 Å². The standard InChI is InChI=1S/C44H26BNO3/c1-2-12-29(13-3-1)46(37-16-8-11-27-10-4-5-14-31(27)37)30-21-23-32-28(24-30)20-22-33-34-25-42-36(26-41(34)49-44(32)33)45-35-15-6-7-17-38(35)47-39-18-9-19-40(48-42)43(39)45/h1-26H. The van der Waals surface area contributed by atoms with Crippen molar-refractivity contribution in [2.75, 3.05) is 4.90 Å². The normalized spacial score (nSPS) is 12.8. The van der Waals surface area contributed by atoms with Crippen LogP contribution in [0.3, 0.4) is 0 Å². The van der Waals surface area contributed by atoms with Gasteiger partial charge in [0.15, 0.2) is 0 Å². The average molecular weight is 628 g/mol. The number of hydrogen-bond acceptors (Lipinski definition) is 4. The molecular formula is C44H26BNO3. The highest BCUT2D eigenvalue weighted by Gasteiger charge is 2.40. The fourth-order valence-electron chi connectivity index (χ4n) is 7.97. The third kappa shape index (κ3) is 3.87. The SMILES string of the molecule is c1ccc(N(c2ccc3c(ccc4c5cc6c(cc5oc34)B3c4ccccc4Oc4cccc(c43)O6)c2)c2cccc3ccccc23)cc1. The fraction of sp³-hybridized carbons (Fsp3) is 0. The fourth-order valence-corrected chi connectivity index (χ4v) is 7.97. The first-order valence-corrected chi connectivity index (χ1v) is 16.6. The predicted octanol–water partition coefficient (Wildman–Crippen LogP) is 10.1. The van der Waals surface area contributed by atoms with Crippen LogP contribution in [0.25, 0.3) is 43.5 Å². The van der Waals surface area contributed by atoms with Gasteiger partial charge in [-0.15, -0.1) is 0 Å². The summed E-state index contributed by atoms with van der Waals surface area (Å²) in [5, 5.41) is 6.71. The molecule has 0 amide bonds. The van der Waals surface area contributed by atoms with Gasteiger partial charge >= 0.3 is 0 Å². The highest BCUT2D eigenvalue weighted by Crippen LogP contribution is 2.43. The number of nitrogens with zero attached hydrogens (tertiary/aromatic N) is 1. The molecule has 0 saturated heterocycles. The molecule has 5 heteroatoms. The molecule has 228 valence electrons. The van der Waals surface area contributed by atoms with Gasteiger partial charge in [0, 0.05) is 38.4 Å². The van der Waals surface area contributed by atoms with Crippen molar-refractivity contribution in [2.45, 2.75) is 0 Å². The van der Waals surface area contributed by atoms with E-state index in [1.807, 2.05) is 30.3 Å². The van der Waals surface area contributed by atoms with Gasteiger partial charge in [-0.3, -0.25) is 0 Å². The molecule has 3 heterocycles. The lowest BCUT2D eigenvalue weighted by atomic mass is 9.35. The van der Waals surface area contributed by atoms with Gasteiger partial charge in [0.1, 0.15) is 34.2 Å². The zero-order chi connectivity index (χ0) is 32.1. The number of anilines is 3. The molecule has 0 saturated carbocycles. The van der Waals surface area contributed by atoms with Crippen molar-refractivity contribution in [3.8, 4) is 23.0 Å². The van der Waals surface area contributed by atoms with Crippen LogP contribution >= 0.6 is 0 Å². The van der Waals surface area contributed by atoms with Crippen molar-refractivity contribution >= 4 is 83.6 Å². The lowest BCUT2D eigenvalue weighted by molar-refractivity contribution is 0.465. The molecule has 9 aromatic rings. The Morgan fingerprint density at radius 1 is 0.429 bits per heavy atom. The molecule has 0 bridgehead atoms. The van der Waals surface area contributed by atoms with Crippen LogP contribution in [0.5, 0.6) is 23.0 Å². The number of ether oxygens (including phenoxy) is 2. The zero-order valence-electron chi connectivity index (χ0n) is 26.3. The first-order valence-electron chi connectivity index (χ1n) is 16.6. The van der Waals surface area contributed by atoms with Gasteiger partial charge in [0.25, 0.3) is 6.71 Å². The first-order chi connectivity index (χ1) is 24.3. The van der Waals surface area contributed by atoms with Crippen molar-refractivity contribution < 1.29 is 13.9 Å². The summed E-state index contributed by atoms with van der Waals surface area (Å²) in [6.07, 6.45) is 0. The summed E-state index contributed by atoms with van der Waals surface area (Å²) in [4.78, 5) is 2.34. The maximum atomic E-state index is 6.78. The molecule has 0 radical (unpaired) electrons. The molecule has 2 aliphatic heterocycles. The highest BCUT2D eigenvalue weighted by atomic mass is 16.5. The Hall–Kier alpha value is -6.46. The van der Waals surface area contributed by atoms with E-state index in [2.05, 4.69) is 132 Å². The zero-order valence-corrected chi connectivity index (χ0v) is 26.3. The minimum absolute atomic E-state index is 0.00477. The minimum Gasteiger partial charge on any atom is -0.458 e. The molecule has 1 aromatic heterocycles. The van der Waals surface area contributed by atoms with Crippen molar-refractivity contribution in [2.24, 2.45) is 0 Å². The van der Waals surface area contributed by atoms with Crippen LogP contribution in [0.4, 0.5) is 17.1 Å². The van der Waals surface area contributed by atoms with Crippen molar-refractivity contribution in [1.82, 2.24) is 0 Å². The van der Waals surface area contributed by atoms with Gasteiger partial charge in [-0.1, -0.05) is 84.9 Å². The molecule has 2 aliphatic rings. The van der Waals surface area contributed by atoms with Crippen LogP contribution in [-0.4, -0.2) is 6.71 Å². The van der Waals surface area contributed by atoms with Crippen LogP contribution in [-0.2, 0) is 0 Å². The molecule has 0 N–H and O–H groups in total. The predicted molar refractivity (Wildman–Crippen MR) is 201 cm³/mol. The van der Waals surface area contributed by atoms with Crippen LogP contribution in [0.15, 0.2) is 162 Å². The second-order valence-electron chi connectivity index (χ2n) is 12.8. The van der Waals surface area contributed by atoms with Crippen molar-refractivity contribution in [3.63, 3.8) is 0 Å². The van der Waals surface area contributed by atoms with E-state index in [1.54, 1.807) is 0 Å². The number of fused-ring (bicyclic) bond motifs is 10. The Balaban J connectivity index is 1.09. The Kier molecular flexibility index (Phi) is 5.44. The number of hydrogen-bond donors (Lipinski definition) is 0. The van der Waals surface area contributed by atoms with Crippen LogP contribution in [0.1, 0.15) is 0 Å². The van der Waals surface area contributed by atoms with Gasteiger partial charge in [-0.25, -0.2) is 0 Å². The molecule has 0 atom stereocenters. The summed E-state index contributed by atoms with van der Waals surface area (Å²) in [6.45, 7) is -0.00477. The molecule has 0 aliphatic carbocycles. The largest absolute Gasteiger partial charge is 0.458 e. The van der Waals surface area contributed by atoms with E-state index >= 15 is 0 Å². The van der Waals surface area contributed by atoms with E-state index in [0.29, 0.717) is 0 Å². The van der Waals surface area contributed by atoms with Crippen molar-refractivity contribution in [3.05, 3.63) is 158 Å². The summed E-state index contributed by atoms with van der Waals surface area (Å²) in [6, 6.07) is 55.4. The van der Waals surface area contributed by atoms with E-state index in [-0.39, 0.29) is 6.71 Å². The molecular weight excluding hydrogens is 601 g/mol. The molecule has 8 aromatic carbocycles. The van der Waals surface area contributed by atoms with E-state index in [4.69, 9.17) is 13.9 Å². The van der Waals surface area contributed by atoms with Gasteiger partial charge in [0.05, 0.1) is 5.69 Å². The Bertz CT molecular complexity index is 2800. The lowest BCUT2D eigenvalue weighted by Gasteiger charge is -2.32. The topological polar surface area (TPSA) is 34.8 Å². The third-order valence-electron chi connectivity index (χ3n) is 10.1. The minimum atomic E-state index is -0.00477. The maximum absolute atomic E-state index is 6.78. The van der Waals surface area contributed by atoms with Crippen molar-refractivity contribution in [1.29, 1.82) is 0 Å². The summed E-state index contributed by atoms with van der Waals surface area (Å²) in [7, 11) is 0. The summed E-state index contributed by atoms with van der Waals surface area (Å²) >= 11 is 0. The third-order valence-corrected chi connectivity index (χ3v) is 10.1. The van der Waals surface area contributed by atoms with E-state index < -0.39 is 0 Å². The van der Waals surface area contributed by atoms with E-state index in [1.165, 1.54) is 10.8 Å². The lowest BCUT2D eigenvalue weighted by Crippen LogP contribution is -2.57. The summed E-state index contributed by atoms with van der Waals surface area (Å²) in [5.41, 5.74) is 8.34. The summed E-state index contributed by atoms with van der Waals surface area (Å²) < 4.78 is 19.7. The number of para-hydroxylation sites is 2. The number of furan rings is 1. The molecule has 11 rings (SSSR count). The average Bonchev–Trinajstić information content (AvgIpc) is 3.52. The molecule has 0 fully saturated rings. The van der Waals surface area contributed by atoms with E-state index in [0.717, 1.165) is 89.2 Å². The first kappa shape index (κ1) is 26.6. The number of benzene rings is 8. The Morgan fingerprint density at radius 2 is 1.16 bits per heavy atom. The van der Waals surface area contributed by atoms with Gasteiger partial charge < -0.3 is 18.8 Å². The van der Waals surface area contributed by atoms with Crippen LogP contribution < -0.4 is 30.8 Å². The number of rotatable bonds is 3. The summed E-state index contributed by atoms with van der Waals surface area (Å²) in [5.74, 6) is 3.41. The maximum Gasteiger partial charge on any atom is 0.260 e. The smallest absolute Gasteiger partial charge is 0.260 e. The molecule has 49 heavy (non-hydrogen) atoms. The highest BCUT2D eigenvalue weighted by molar-refractivity contribution is 6.98.